The van der Waals surface area contributed by atoms with E-state index in [9.17, 15) is 13.6 Å². The van der Waals surface area contributed by atoms with Gasteiger partial charge >= 0.3 is 0 Å². The van der Waals surface area contributed by atoms with E-state index >= 15 is 0 Å². The molecule has 4 rings (SSSR count). The molecule has 1 aliphatic heterocycles. The number of thiazole rings is 1. The summed E-state index contributed by atoms with van der Waals surface area (Å²) < 4.78 is 29.1. The molecule has 29 heavy (non-hydrogen) atoms. The highest BCUT2D eigenvalue weighted by molar-refractivity contribution is 7.12. The third kappa shape index (κ3) is 3.58. The van der Waals surface area contributed by atoms with E-state index in [0.717, 1.165) is 35.6 Å². The molecule has 5 nitrogen and oxygen atoms in total. The van der Waals surface area contributed by atoms with Crippen LogP contribution in [-0.2, 0) is 0 Å². The molecule has 8 heteroatoms. The number of halogens is 2. The standard InChI is InChI=1S/C21H22F2N4OS/c1-12-10-15(13(2)27(12)21-24-7-9-29-21)20(28)25-18-6-8-26(3)19(18)14-4-5-16(22)17(23)11-14/h4-5,7,9-11,18-19H,6,8H2,1-3H3,(H,25,28). The number of aryl methyl sites for hydroxylation is 1. The number of amides is 1. The number of hydrogen-bond acceptors (Lipinski definition) is 4. The maximum absolute atomic E-state index is 13.8. The fraction of sp³-hybridized carbons (Fsp3) is 0.333. The monoisotopic (exact) mass is 416 g/mol. The van der Waals surface area contributed by atoms with Gasteiger partial charge in [-0.1, -0.05) is 6.07 Å². The minimum atomic E-state index is -0.875. The Hall–Kier alpha value is -2.58. The number of carbonyl (C=O) groups is 1. The molecule has 2 atom stereocenters. The number of aromatic nitrogens is 2. The minimum absolute atomic E-state index is 0.172. The highest BCUT2D eigenvalue weighted by Crippen LogP contribution is 2.32. The van der Waals surface area contributed by atoms with Crippen LogP contribution in [-0.4, -0.2) is 40.0 Å². The van der Waals surface area contributed by atoms with Gasteiger partial charge in [-0.25, -0.2) is 13.8 Å². The first-order chi connectivity index (χ1) is 13.9. The van der Waals surface area contributed by atoms with Crippen LogP contribution >= 0.6 is 11.3 Å². The highest BCUT2D eigenvalue weighted by Gasteiger charge is 2.35. The highest BCUT2D eigenvalue weighted by atomic mass is 32.1. The molecule has 3 heterocycles. The van der Waals surface area contributed by atoms with Gasteiger partial charge in [0.15, 0.2) is 16.8 Å². The van der Waals surface area contributed by atoms with Crippen LogP contribution in [0.1, 0.15) is 39.8 Å². The van der Waals surface area contributed by atoms with Crippen molar-refractivity contribution in [3.05, 3.63) is 70.0 Å². The first kappa shape index (κ1) is 19.7. The molecule has 152 valence electrons. The molecule has 0 aliphatic carbocycles. The predicted octanol–water partition coefficient (Wildman–Crippen LogP) is 4.00. The van der Waals surface area contributed by atoms with Crippen molar-refractivity contribution in [2.45, 2.75) is 32.4 Å². The molecular formula is C21H22F2N4OS. The maximum Gasteiger partial charge on any atom is 0.253 e. The molecule has 1 amide bonds. The van der Waals surface area contributed by atoms with E-state index in [-0.39, 0.29) is 18.0 Å². The number of carbonyl (C=O) groups excluding carboxylic acids is 1. The number of likely N-dealkylation sites (tertiary alicyclic amines) is 1. The van der Waals surface area contributed by atoms with Crippen molar-refractivity contribution < 1.29 is 13.6 Å². The number of rotatable bonds is 4. The Balaban J connectivity index is 1.59. The summed E-state index contributed by atoms with van der Waals surface area (Å²) in [6, 6.07) is 5.39. The second-order valence-electron chi connectivity index (χ2n) is 7.40. The molecule has 1 saturated heterocycles. The molecule has 1 N–H and O–H groups in total. The van der Waals surface area contributed by atoms with Crippen LogP contribution in [0.2, 0.25) is 0 Å². The van der Waals surface area contributed by atoms with Gasteiger partial charge in [-0.3, -0.25) is 14.3 Å². The lowest BCUT2D eigenvalue weighted by Crippen LogP contribution is -2.39. The molecule has 0 spiro atoms. The fourth-order valence-electron chi connectivity index (χ4n) is 4.14. The third-order valence-corrected chi connectivity index (χ3v) is 6.29. The van der Waals surface area contributed by atoms with Gasteiger partial charge in [-0.05, 0) is 51.1 Å². The predicted molar refractivity (Wildman–Crippen MR) is 109 cm³/mol. The van der Waals surface area contributed by atoms with Crippen LogP contribution in [0.3, 0.4) is 0 Å². The summed E-state index contributed by atoms with van der Waals surface area (Å²) in [6.07, 6.45) is 2.47. The van der Waals surface area contributed by atoms with Crippen molar-refractivity contribution in [3.8, 4) is 5.13 Å². The van der Waals surface area contributed by atoms with E-state index < -0.39 is 11.6 Å². The first-order valence-corrected chi connectivity index (χ1v) is 10.3. The van der Waals surface area contributed by atoms with E-state index in [1.807, 2.05) is 36.9 Å². The van der Waals surface area contributed by atoms with Crippen LogP contribution in [0.15, 0.2) is 35.8 Å². The van der Waals surface area contributed by atoms with Gasteiger partial charge in [0, 0.05) is 29.5 Å². The van der Waals surface area contributed by atoms with Gasteiger partial charge in [0.2, 0.25) is 0 Å². The average Bonchev–Trinajstić information content (AvgIpc) is 3.38. The summed E-state index contributed by atoms with van der Waals surface area (Å²) in [4.78, 5) is 19.5. The number of nitrogens with zero attached hydrogens (tertiary/aromatic N) is 3. The Labute approximate surface area is 172 Å². The van der Waals surface area contributed by atoms with Gasteiger partial charge in [0.1, 0.15) is 0 Å². The van der Waals surface area contributed by atoms with E-state index in [2.05, 4.69) is 15.2 Å². The molecule has 1 aliphatic rings. The van der Waals surface area contributed by atoms with E-state index in [1.54, 1.807) is 12.3 Å². The van der Waals surface area contributed by atoms with Gasteiger partial charge in [-0.2, -0.15) is 0 Å². The normalized spacial score (nSPS) is 19.6. The zero-order chi connectivity index (χ0) is 20.7. The molecule has 2 aromatic heterocycles. The van der Waals surface area contributed by atoms with Crippen molar-refractivity contribution >= 4 is 17.2 Å². The summed E-state index contributed by atoms with van der Waals surface area (Å²) in [7, 11) is 1.92. The van der Waals surface area contributed by atoms with E-state index in [0.29, 0.717) is 11.1 Å². The molecule has 2 unspecified atom stereocenters. The summed E-state index contributed by atoms with van der Waals surface area (Å²) in [5.41, 5.74) is 3.01. The number of nitrogens with one attached hydrogen (secondary N) is 1. The van der Waals surface area contributed by atoms with E-state index in [1.165, 1.54) is 17.4 Å². The Kier molecular flexibility index (Phi) is 5.23. The van der Waals surface area contributed by atoms with Crippen LogP contribution in [0.5, 0.6) is 0 Å². The molecule has 1 aromatic carbocycles. The van der Waals surface area contributed by atoms with Crippen LogP contribution in [0, 0.1) is 25.5 Å². The molecular weight excluding hydrogens is 394 g/mol. The molecule has 0 saturated carbocycles. The second kappa shape index (κ2) is 7.68. The van der Waals surface area contributed by atoms with Crippen molar-refractivity contribution in [1.82, 2.24) is 19.8 Å². The Morgan fingerprint density at radius 2 is 2.03 bits per heavy atom. The zero-order valence-corrected chi connectivity index (χ0v) is 17.3. The van der Waals surface area contributed by atoms with Crippen LogP contribution in [0.4, 0.5) is 8.78 Å². The summed E-state index contributed by atoms with van der Waals surface area (Å²) in [6.45, 7) is 4.60. The quantitative estimate of drug-likeness (QED) is 0.699. The lowest BCUT2D eigenvalue weighted by atomic mass is 9.99. The largest absolute Gasteiger partial charge is 0.347 e. The second-order valence-corrected chi connectivity index (χ2v) is 8.28. The SMILES string of the molecule is Cc1cc(C(=O)NC2CCN(C)C2c2ccc(F)c(F)c2)c(C)n1-c1nccs1. The fourth-order valence-corrected chi connectivity index (χ4v) is 4.89. The Morgan fingerprint density at radius 1 is 1.24 bits per heavy atom. The van der Waals surface area contributed by atoms with Crippen molar-refractivity contribution in [2.75, 3.05) is 13.6 Å². The molecule has 3 aromatic rings. The molecule has 0 bridgehead atoms. The van der Waals surface area contributed by atoms with Gasteiger partial charge in [-0.15, -0.1) is 11.3 Å². The smallest absolute Gasteiger partial charge is 0.253 e. The van der Waals surface area contributed by atoms with E-state index in [4.69, 9.17) is 0 Å². The van der Waals surface area contributed by atoms with Crippen LogP contribution in [0.25, 0.3) is 5.13 Å². The van der Waals surface area contributed by atoms with Crippen molar-refractivity contribution in [3.63, 3.8) is 0 Å². The number of likely N-dealkylation sites (N-methyl/N-ethyl adjacent to an activating group) is 1. The molecule has 1 fully saturated rings. The lowest BCUT2D eigenvalue weighted by molar-refractivity contribution is 0.0927. The van der Waals surface area contributed by atoms with Crippen LogP contribution < -0.4 is 5.32 Å². The molecule has 0 radical (unpaired) electrons. The Bertz CT molecular complexity index is 1050. The zero-order valence-electron chi connectivity index (χ0n) is 16.4. The third-order valence-electron chi connectivity index (χ3n) is 5.54. The maximum atomic E-state index is 13.8. The number of benzene rings is 1. The van der Waals surface area contributed by atoms with Gasteiger partial charge < -0.3 is 5.32 Å². The summed E-state index contributed by atoms with van der Waals surface area (Å²) in [5, 5.41) is 5.82. The van der Waals surface area contributed by atoms with Crippen molar-refractivity contribution in [2.24, 2.45) is 0 Å². The van der Waals surface area contributed by atoms with Gasteiger partial charge in [0.25, 0.3) is 5.91 Å². The number of hydrogen-bond donors (Lipinski definition) is 1. The van der Waals surface area contributed by atoms with Gasteiger partial charge in [0.05, 0.1) is 17.6 Å². The average molecular weight is 416 g/mol. The summed E-state index contributed by atoms with van der Waals surface area (Å²) in [5.74, 6) is -1.92. The van der Waals surface area contributed by atoms with Crippen molar-refractivity contribution in [1.29, 1.82) is 0 Å². The Morgan fingerprint density at radius 3 is 2.72 bits per heavy atom. The first-order valence-electron chi connectivity index (χ1n) is 9.41. The topological polar surface area (TPSA) is 50.2 Å². The lowest BCUT2D eigenvalue weighted by Gasteiger charge is -2.26. The minimum Gasteiger partial charge on any atom is -0.347 e. The summed E-state index contributed by atoms with van der Waals surface area (Å²) >= 11 is 1.51.